The molecule has 1 amide bonds. The van der Waals surface area contributed by atoms with E-state index in [1.807, 2.05) is 16.6 Å². The number of anilines is 1. The molecule has 2 saturated heterocycles. The molecule has 6 rings (SSSR count). The van der Waals surface area contributed by atoms with E-state index in [4.69, 9.17) is 15.2 Å². The number of carbonyl (C=O) groups is 1. The van der Waals surface area contributed by atoms with Gasteiger partial charge in [0.2, 0.25) is 5.91 Å². The molecule has 4 aliphatic rings. The van der Waals surface area contributed by atoms with Crippen LogP contribution in [0.5, 0.6) is 0 Å². The number of rotatable bonds is 3. The highest BCUT2D eigenvalue weighted by Gasteiger charge is 2.45. The maximum absolute atomic E-state index is 13.9. The minimum absolute atomic E-state index is 0.0135. The highest BCUT2D eigenvalue weighted by molar-refractivity contribution is 5.96. The molecule has 0 aromatic carbocycles. The van der Waals surface area contributed by atoms with Crippen molar-refractivity contribution in [3.05, 3.63) is 23.5 Å². The molecule has 1 aliphatic carbocycles. The highest BCUT2D eigenvalue weighted by atomic mass is 16.2. The third kappa shape index (κ3) is 3.66. The Morgan fingerprint density at radius 2 is 1.94 bits per heavy atom. The zero-order chi connectivity index (χ0) is 23.4. The third-order valence-corrected chi connectivity index (χ3v) is 8.42. The first kappa shape index (κ1) is 21.9. The van der Waals surface area contributed by atoms with Gasteiger partial charge in [-0.25, -0.2) is 9.50 Å². The van der Waals surface area contributed by atoms with E-state index in [0.29, 0.717) is 5.92 Å². The van der Waals surface area contributed by atoms with E-state index in [0.717, 1.165) is 74.5 Å². The van der Waals surface area contributed by atoms with Crippen molar-refractivity contribution in [3.8, 4) is 0 Å². The van der Waals surface area contributed by atoms with Gasteiger partial charge in [-0.2, -0.15) is 10.2 Å². The Bertz CT molecular complexity index is 1120. The number of fused-ring (bicyclic) bond motifs is 2. The van der Waals surface area contributed by atoms with Gasteiger partial charge < -0.3 is 9.80 Å². The summed E-state index contributed by atoms with van der Waals surface area (Å²) in [6, 6.07) is 1.97. The lowest BCUT2D eigenvalue weighted by Gasteiger charge is -2.39. The zero-order valence-electron chi connectivity index (χ0n) is 20.8. The molecule has 0 N–H and O–H groups in total. The molecular weight excluding hydrogens is 426 g/mol. The third-order valence-electron chi connectivity index (χ3n) is 8.42. The Balaban J connectivity index is 1.29. The fourth-order valence-electron chi connectivity index (χ4n) is 6.65. The first-order valence-corrected chi connectivity index (χ1v) is 13.2. The topological polar surface area (TPSA) is 69.3 Å². The number of likely N-dealkylation sites (N-methyl/N-ethyl adjacent to an activating group) is 1. The molecule has 0 bridgehead atoms. The summed E-state index contributed by atoms with van der Waals surface area (Å²) in [5.41, 5.74) is 4.24. The maximum Gasteiger partial charge on any atom is 0.248 e. The number of piperidine rings is 1. The Morgan fingerprint density at radius 1 is 1.09 bits per heavy atom. The van der Waals surface area contributed by atoms with Gasteiger partial charge in [-0.05, 0) is 57.8 Å². The second-order valence-corrected chi connectivity index (χ2v) is 11.0. The van der Waals surface area contributed by atoms with Crippen LogP contribution in [-0.4, -0.2) is 68.8 Å². The Morgan fingerprint density at radius 3 is 2.76 bits per heavy atom. The van der Waals surface area contributed by atoms with Crippen molar-refractivity contribution in [3.63, 3.8) is 0 Å². The van der Waals surface area contributed by atoms with E-state index in [1.165, 1.54) is 25.0 Å². The number of nitrogens with zero attached hydrogens (tertiary/aromatic N) is 7. The minimum atomic E-state index is -0.156. The number of likely N-dealkylation sites (tertiary alicyclic amines) is 1. The van der Waals surface area contributed by atoms with Crippen molar-refractivity contribution in [2.24, 2.45) is 16.9 Å². The average molecular weight is 464 g/mol. The standard InChI is InChI=1S/C26H37N7O/c1-17-11-13-31(15-17)25-18(2)16-33-23(27-25)14-21(29-33)22-10-6-7-12-32(22)26(34)24-19-8-4-5-9-20(19)28-30(24)3/h14,16-17,19,22,24H,4-13,15H2,1-3H3/t17-,19?,22-,24?/m0/s1. The van der Waals surface area contributed by atoms with Crippen molar-refractivity contribution in [2.45, 2.75) is 77.3 Å². The molecule has 8 heteroatoms. The molecule has 3 fully saturated rings. The van der Waals surface area contributed by atoms with Crippen molar-refractivity contribution in [1.29, 1.82) is 0 Å². The second-order valence-electron chi connectivity index (χ2n) is 11.0. The summed E-state index contributed by atoms with van der Waals surface area (Å²) >= 11 is 0. The summed E-state index contributed by atoms with van der Waals surface area (Å²) < 4.78 is 1.91. The quantitative estimate of drug-likeness (QED) is 0.693. The predicted octanol–water partition coefficient (Wildman–Crippen LogP) is 3.80. The fourth-order valence-corrected chi connectivity index (χ4v) is 6.65. The molecule has 182 valence electrons. The zero-order valence-corrected chi connectivity index (χ0v) is 20.8. The van der Waals surface area contributed by atoms with E-state index in [-0.39, 0.29) is 23.9 Å². The van der Waals surface area contributed by atoms with E-state index in [2.05, 4.69) is 35.9 Å². The molecule has 8 nitrogen and oxygen atoms in total. The average Bonchev–Trinajstić information content (AvgIpc) is 3.53. The second kappa shape index (κ2) is 8.54. The van der Waals surface area contributed by atoms with Crippen LogP contribution >= 0.6 is 0 Å². The maximum atomic E-state index is 13.9. The van der Waals surface area contributed by atoms with Crippen molar-refractivity contribution < 1.29 is 4.79 Å². The van der Waals surface area contributed by atoms with Crippen LogP contribution in [0, 0.1) is 18.8 Å². The van der Waals surface area contributed by atoms with Gasteiger partial charge in [0.05, 0.1) is 11.7 Å². The van der Waals surface area contributed by atoms with Crippen LogP contribution in [0.15, 0.2) is 17.4 Å². The highest BCUT2D eigenvalue weighted by Crippen LogP contribution is 2.37. The van der Waals surface area contributed by atoms with Gasteiger partial charge in [0.15, 0.2) is 5.65 Å². The van der Waals surface area contributed by atoms with Gasteiger partial charge in [-0.1, -0.05) is 13.3 Å². The number of carbonyl (C=O) groups excluding carboxylic acids is 1. The number of amides is 1. The number of hydrazone groups is 1. The van der Waals surface area contributed by atoms with Crippen LogP contribution in [0.1, 0.15) is 75.6 Å². The summed E-state index contributed by atoms with van der Waals surface area (Å²) in [6.07, 6.45) is 11.0. The van der Waals surface area contributed by atoms with Crippen LogP contribution < -0.4 is 4.90 Å². The monoisotopic (exact) mass is 463 g/mol. The molecular formula is C26H37N7O. The Labute approximate surface area is 202 Å². The van der Waals surface area contributed by atoms with Crippen LogP contribution in [0.25, 0.3) is 5.65 Å². The molecule has 2 aromatic heterocycles. The summed E-state index contributed by atoms with van der Waals surface area (Å²) in [5.74, 6) is 2.30. The lowest BCUT2D eigenvalue weighted by atomic mass is 9.82. The van der Waals surface area contributed by atoms with Gasteiger partial charge in [0, 0.05) is 56.1 Å². The molecule has 34 heavy (non-hydrogen) atoms. The van der Waals surface area contributed by atoms with Crippen molar-refractivity contribution in [2.75, 3.05) is 31.6 Å². The van der Waals surface area contributed by atoms with Gasteiger partial charge in [0.25, 0.3) is 0 Å². The summed E-state index contributed by atoms with van der Waals surface area (Å²) in [4.78, 5) is 23.5. The van der Waals surface area contributed by atoms with Crippen LogP contribution in [0.4, 0.5) is 5.82 Å². The fraction of sp³-hybridized carbons (Fsp3) is 0.692. The molecule has 5 heterocycles. The first-order valence-electron chi connectivity index (χ1n) is 13.2. The molecule has 1 saturated carbocycles. The number of aryl methyl sites for hydroxylation is 1. The van der Waals surface area contributed by atoms with Crippen molar-refractivity contribution in [1.82, 2.24) is 24.5 Å². The van der Waals surface area contributed by atoms with Gasteiger partial charge >= 0.3 is 0 Å². The molecule has 2 aromatic rings. The first-order chi connectivity index (χ1) is 16.5. The largest absolute Gasteiger partial charge is 0.356 e. The molecule has 0 radical (unpaired) electrons. The molecule has 3 aliphatic heterocycles. The molecule has 2 unspecified atom stereocenters. The normalized spacial score (nSPS) is 29.6. The SMILES string of the molecule is Cc1cn2nc([C@@H]3CCCCN3C(=O)C3C4CCCCC4=NN3C)cc2nc1N1CC[C@H](C)C1. The van der Waals surface area contributed by atoms with E-state index >= 15 is 0 Å². The molecule has 0 spiro atoms. The molecule has 4 atom stereocenters. The summed E-state index contributed by atoms with van der Waals surface area (Å²) in [6.45, 7) is 7.36. The van der Waals surface area contributed by atoms with Gasteiger partial charge in [0.1, 0.15) is 11.9 Å². The van der Waals surface area contributed by atoms with Crippen LogP contribution in [0.2, 0.25) is 0 Å². The predicted molar refractivity (Wildman–Crippen MR) is 133 cm³/mol. The number of hydrogen-bond acceptors (Lipinski definition) is 6. The summed E-state index contributed by atoms with van der Waals surface area (Å²) in [7, 11) is 1.98. The van der Waals surface area contributed by atoms with E-state index < -0.39 is 0 Å². The lowest BCUT2D eigenvalue weighted by molar-refractivity contribution is -0.141. The van der Waals surface area contributed by atoms with Gasteiger partial charge in [-0.3, -0.25) is 9.80 Å². The van der Waals surface area contributed by atoms with Crippen molar-refractivity contribution >= 4 is 23.1 Å². The number of hydrogen-bond donors (Lipinski definition) is 0. The smallest absolute Gasteiger partial charge is 0.248 e. The Hall–Kier alpha value is -2.64. The Kier molecular flexibility index (Phi) is 5.49. The minimum Gasteiger partial charge on any atom is -0.356 e. The van der Waals surface area contributed by atoms with Gasteiger partial charge in [-0.15, -0.1) is 0 Å². The van der Waals surface area contributed by atoms with Crippen LogP contribution in [0.3, 0.4) is 0 Å². The number of aromatic nitrogens is 3. The van der Waals surface area contributed by atoms with Crippen LogP contribution in [-0.2, 0) is 4.79 Å². The summed E-state index contributed by atoms with van der Waals surface area (Å²) in [5, 5.41) is 11.7. The lowest BCUT2D eigenvalue weighted by Crippen LogP contribution is -2.50. The van der Waals surface area contributed by atoms with E-state index in [1.54, 1.807) is 0 Å². The van der Waals surface area contributed by atoms with E-state index in [9.17, 15) is 4.79 Å².